The molecule has 4 rings (SSSR count). The van der Waals surface area contributed by atoms with Crippen LogP contribution in [-0.2, 0) is 9.59 Å². The summed E-state index contributed by atoms with van der Waals surface area (Å²) in [6.45, 7) is 2.12. The highest BCUT2D eigenvalue weighted by Crippen LogP contribution is 2.42. The summed E-state index contributed by atoms with van der Waals surface area (Å²) in [7, 11) is 0. The van der Waals surface area contributed by atoms with E-state index in [2.05, 4.69) is 12.2 Å². The molecule has 5 nitrogen and oxygen atoms in total. The first-order valence-electron chi connectivity index (χ1n) is 9.60. The van der Waals surface area contributed by atoms with Crippen molar-refractivity contribution in [1.82, 2.24) is 0 Å². The highest BCUT2D eigenvalue weighted by molar-refractivity contribution is 6.44. The number of carbonyl (C=O) groups excluding carboxylic acids is 3. The van der Waals surface area contributed by atoms with Gasteiger partial charge in [0.2, 0.25) is 11.8 Å². The van der Waals surface area contributed by atoms with Crippen LogP contribution in [0.15, 0.2) is 42.5 Å². The number of benzene rings is 2. The summed E-state index contributed by atoms with van der Waals surface area (Å²) < 4.78 is 0. The quantitative estimate of drug-likeness (QED) is 0.682. The second-order valence-corrected chi connectivity index (χ2v) is 8.53. The topological polar surface area (TPSA) is 66.5 Å². The third kappa shape index (κ3) is 3.65. The zero-order valence-corrected chi connectivity index (χ0v) is 17.3. The molecule has 0 unspecified atom stereocenters. The molecule has 2 aromatic carbocycles. The molecule has 3 amide bonds. The van der Waals surface area contributed by atoms with E-state index in [0.717, 1.165) is 19.3 Å². The number of rotatable bonds is 3. The molecule has 3 atom stereocenters. The Balaban J connectivity index is 1.52. The predicted octanol–water partition coefficient (Wildman–Crippen LogP) is 5.17. The van der Waals surface area contributed by atoms with Crippen molar-refractivity contribution in [2.75, 3.05) is 10.2 Å². The lowest BCUT2D eigenvalue weighted by atomic mass is 9.76. The van der Waals surface area contributed by atoms with Gasteiger partial charge in [-0.25, -0.2) is 0 Å². The van der Waals surface area contributed by atoms with E-state index in [1.165, 1.54) is 4.90 Å². The van der Waals surface area contributed by atoms with Gasteiger partial charge in [0.05, 0.1) is 33.3 Å². The van der Waals surface area contributed by atoms with Gasteiger partial charge in [-0.1, -0.05) is 36.2 Å². The maximum atomic E-state index is 12.8. The van der Waals surface area contributed by atoms with E-state index in [-0.39, 0.29) is 34.6 Å². The number of hydrogen-bond donors (Lipinski definition) is 1. The van der Waals surface area contributed by atoms with Crippen LogP contribution in [0.2, 0.25) is 10.0 Å². The molecule has 1 heterocycles. The fourth-order valence-corrected chi connectivity index (χ4v) is 4.55. The molecule has 1 aliphatic carbocycles. The minimum atomic E-state index is -0.359. The van der Waals surface area contributed by atoms with Crippen LogP contribution in [0.25, 0.3) is 0 Å². The molecular weight excluding hydrogens is 411 g/mol. The van der Waals surface area contributed by atoms with Crippen LogP contribution < -0.4 is 10.2 Å². The molecule has 150 valence electrons. The second kappa shape index (κ2) is 7.81. The smallest absolute Gasteiger partial charge is 0.255 e. The second-order valence-electron chi connectivity index (χ2n) is 7.75. The van der Waals surface area contributed by atoms with Gasteiger partial charge >= 0.3 is 0 Å². The van der Waals surface area contributed by atoms with E-state index >= 15 is 0 Å². The SMILES string of the molecule is C[C@@H]1CC[C@H]2C(=O)N(c3ccc(C(=O)Nc4cccc(Cl)c4Cl)cc3)C(=O)[C@H]2C1. The summed E-state index contributed by atoms with van der Waals surface area (Å²) in [5.74, 6) is -0.602. The Labute approximate surface area is 179 Å². The fraction of sp³-hybridized carbons (Fsp3) is 0.318. The third-order valence-corrected chi connectivity index (χ3v) is 6.59. The molecule has 1 saturated heterocycles. The molecule has 2 aliphatic rings. The van der Waals surface area contributed by atoms with Crippen LogP contribution in [0.1, 0.15) is 36.5 Å². The Morgan fingerprint density at radius 2 is 1.69 bits per heavy atom. The number of imide groups is 1. The number of carbonyl (C=O) groups is 3. The van der Waals surface area contributed by atoms with Crippen LogP contribution in [0.4, 0.5) is 11.4 Å². The minimum Gasteiger partial charge on any atom is -0.321 e. The van der Waals surface area contributed by atoms with Crippen molar-refractivity contribution in [3.63, 3.8) is 0 Å². The zero-order chi connectivity index (χ0) is 20.7. The van der Waals surface area contributed by atoms with Crippen molar-refractivity contribution < 1.29 is 14.4 Å². The van der Waals surface area contributed by atoms with E-state index in [1.54, 1.807) is 42.5 Å². The monoisotopic (exact) mass is 430 g/mol. The summed E-state index contributed by atoms with van der Waals surface area (Å²) in [4.78, 5) is 39.4. The Bertz CT molecular complexity index is 990. The first-order valence-corrected chi connectivity index (χ1v) is 10.4. The van der Waals surface area contributed by atoms with Gasteiger partial charge in [0.1, 0.15) is 0 Å². The van der Waals surface area contributed by atoms with Crippen LogP contribution in [-0.4, -0.2) is 17.7 Å². The zero-order valence-electron chi connectivity index (χ0n) is 15.8. The van der Waals surface area contributed by atoms with Crippen molar-refractivity contribution >= 4 is 52.3 Å². The molecule has 1 N–H and O–H groups in total. The van der Waals surface area contributed by atoms with Crippen LogP contribution in [0.3, 0.4) is 0 Å². The van der Waals surface area contributed by atoms with E-state index in [4.69, 9.17) is 23.2 Å². The first-order chi connectivity index (χ1) is 13.9. The average Bonchev–Trinajstić information content (AvgIpc) is 2.95. The average molecular weight is 431 g/mol. The number of amides is 3. The van der Waals surface area contributed by atoms with Crippen LogP contribution in [0.5, 0.6) is 0 Å². The first kappa shape index (κ1) is 19.9. The summed E-state index contributed by atoms with van der Waals surface area (Å²) in [5.41, 5.74) is 1.30. The van der Waals surface area contributed by atoms with E-state index in [0.29, 0.717) is 27.9 Å². The Morgan fingerprint density at radius 3 is 2.41 bits per heavy atom. The minimum absolute atomic E-state index is 0.130. The van der Waals surface area contributed by atoms with Gasteiger partial charge in [0, 0.05) is 5.56 Å². The molecule has 7 heteroatoms. The standard InChI is InChI=1S/C22H20Cl2N2O3/c1-12-5-10-15-16(11-12)22(29)26(21(15)28)14-8-6-13(7-9-14)20(27)25-18-4-2-3-17(23)19(18)24/h2-4,6-9,12,15-16H,5,10-11H2,1H3,(H,25,27)/t12-,15-,16+/m1/s1. The summed E-state index contributed by atoms with van der Waals surface area (Å²) in [5, 5.41) is 3.33. The molecule has 0 aromatic heterocycles. The van der Waals surface area contributed by atoms with Crippen molar-refractivity contribution in [1.29, 1.82) is 0 Å². The molecule has 0 spiro atoms. The van der Waals surface area contributed by atoms with Crippen molar-refractivity contribution in [3.05, 3.63) is 58.1 Å². The van der Waals surface area contributed by atoms with E-state index in [9.17, 15) is 14.4 Å². The van der Waals surface area contributed by atoms with Crippen LogP contribution in [0, 0.1) is 17.8 Å². The number of halogens is 2. The van der Waals surface area contributed by atoms with Gasteiger partial charge in [0.15, 0.2) is 0 Å². The maximum Gasteiger partial charge on any atom is 0.255 e. The van der Waals surface area contributed by atoms with Gasteiger partial charge in [-0.2, -0.15) is 0 Å². The lowest BCUT2D eigenvalue weighted by molar-refractivity contribution is -0.122. The van der Waals surface area contributed by atoms with Gasteiger partial charge in [-0.15, -0.1) is 0 Å². The Kier molecular flexibility index (Phi) is 5.36. The third-order valence-electron chi connectivity index (χ3n) is 5.78. The van der Waals surface area contributed by atoms with E-state index < -0.39 is 0 Å². The van der Waals surface area contributed by atoms with Gasteiger partial charge in [0.25, 0.3) is 5.91 Å². The van der Waals surface area contributed by atoms with Crippen LogP contribution >= 0.6 is 23.2 Å². The number of anilines is 2. The summed E-state index contributed by atoms with van der Waals surface area (Å²) >= 11 is 12.1. The molecule has 1 saturated carbocycles. The van der Waals surface area contributed by atoms with E-state index in [1.807, 2.05) is 0 Å². The number of fused-ring (bicyclic) bond motifs is 1. The molecule has 1 aliphatic heterocycles. The summed E-state index contributed by atoms with van der Waals surface area (Å²) in [6.07, 6.45) is 2.49. The maximum absolute atomic E-state index is 12.8. The highest BCUT2D eigenvalue weighted by atomic mass is 35.5. The fourth-order valence-electron chi connectivity index (χ4n) is 4.20. The Hall–Kier alpha value is -2.37. The van der Waals surface area contributed by atoms with Gasteiger partial charge in [-0.05, 0) is 61.6 Å². The van der Waals surface area contributed by atoms with Gasteiger partial charge in [-0.3, -0.25) is 19.3 Å². The number of nitrogens with zero attached hydrogens (tertiary/aromatic N) is 1. The van der Waals surface area contributed by atoms with Crippen molar-refractivity contribution in [3.8, 4) is 0 Å². The normalized spacial score (nSPS) is 23.8. The molecule has 0 bridgehead atoms. The summed E-state index contributed by atoms with van der Waals surface area (Å²) in [6, 6.07) is 11.4. The Morgan fingerprint density at radius 1 is 1.00 bits per heavy atom. The largest absolute Gasteiger partial charge is 0.321 e. The molecule has 2 fully saturated rings. The highest BCUT2D eigenvalue weighted by Gasteiger charge is 2.49. The molecule has 0 radical (unpaired) electrons. The molecular formula is C22H20Cl2N2O3. The van der Waals surface area contributed by atoms with Gasteiger partial charge < -0.3 is 5.32 Å². The predicted molar refractivity (Wildman–Crippen MR) is 113 cm³/mol. The molecule has 2 aromatic rings. The lowest BCUT2D eigenvalue weighted by Gasteiger charge is -2.25. The van der Waals surface area contributed by atoms with Crippen molar-refractivity contribution in [2.24, 2.45) is 17.8 Å². The molecule has 29 heavy (non-hydrogen) atoms. The lowest BCUT2D eigenvalue weighted by Crippen LogP contribution is -2.30. The number of nitrogens with one attached hydrogen (secondary N) is 1. The van der Waals surface area contributed by atoms with Crippen molar-refractivity contribution in [2.45, 2.75) is 26.2 Å². The number of hydrogen-bond acceptors (Lipinski definition) is 3.